The lowest BCUT2D eigenvalue weighted by Crippen LogP contribution is -2.20. The maximum absolute atomic E-state index is 10.7. The van der Waals surface area contributed by atoms with Crippen molar-refractivity contribution < 1.29 is 9.90 Å². The average Bonchev–Trinajstić information content (AvgIpc) is 2.78. The van der Waals surface area contributed by atoms with Gasteiger partial charge in [0.2, 0.25) is 0 Å². The zero-order valence-corrected chi connectivity index (χ0v) is 13.2. The van der Waals surface area contributed by atoms with Gasteiger partial charge in [0.1, 0.15) is 0 Å². The molecule has 1 aliphatic rings. The van der Waals surface area contributed by atoms with Crippen LogP contribution in [0.15, 0.2) is 11.4 Å². The Kier molecular flexibility index (Phi) is 5.52. The summed E-state index contributed by atoms with van der Waals surface area (Å²) in [5.74, 6) is 0.829. The predicted molar refractivity (Wildman–Crippen MR) is 81.1 cm³/mol. The topological polar surface area (TPSA) is 55.1 Å². The van der Waals surface area contributed by atoms with Crippen molar-refractivity contribution in [3.8, 4) is 0 Å². The highest BCUT2D eigenvalue weighted by Crippen LogP contribution is 2.31. The van der Waals surface area contributed by atoms with Crippen LogP contribution in [0.5, 0.6) is 0 Å². The molecule has 2 atom stereocenters. The molecule has 5 heteroatoms. The van der Waals surface area contributed by atoms with Gasteiger partial charge in [-0.2, -0.15) is 0 Å². The predicted octanol–water partition coefficient (Wildman–Crippen LogP) is 3.45. The molecule has 1 saturated carbocycles. The fraction of sp³-hybridized carbons (Fsp3) is 0.733. The molecule has 1 fully saturated rings. The minimum Gasteiger partial charge on any atom is -0.481 e. The monoisotopic (exact) mass is 296 g/mol. The van der Waals surface area contributed by atoms with Crippen LogP contribution in [0.4, 0.5) is 0 Å². The van der Waals surface area contributed by atoms with Gasteiger partial charge in [0.05, 0.1) is 5.75 Å². The van der Waals surface area contributed by atoms with Crippen LogP contribution in [0.1, 0.15) is 45.2 Å². The van der Waals surface area contributed by atoms with Gasteiger partial charge < -0.3 is 9.67 Å². The molecule has 1 heterocycles. The summed E-state index contributed by atoms with van der Waals surface area (Å²) < 4.78 is 2.25. The van der Waals surface area contributed by atoms with Crippen LogP contribution in [-0.2, 0) is 17.8 Å². The molecule has 1 aromatic heterocycles. The Morgan fingerprint density at radius 1 is 1.55 bits per heavy atom. The molecule has 0 aliphatic heterocycles. The molecular formula is C15H24N2O2S. The van der Waals surface area contributed by atoms with Crippen molar-refractivity contribution in [1.29, 1.82) is 0 Å². The van der Waals surface area contributed by atoms with Gasteiger partial charge in [0.15, 0.2) is 5.16 Å². The largest absolute Gasteiger partial charge is 0.481 e. The standard InChI is InChI=1S/C15H24N2O2S/c1-3-13-8-16-15(20-10-14(18)19)17(13)9-12-6-4-5-11(2)7-12/h8,11-12H,3-7,9-10H2,1-2H3,(H,18,19). The molecule has 0 saturated heterocycles. The molecule has 0 aromatic carbocycles. The first-order valence-electron chi connectivity index (χ1n) is 7.49. The minimum absolute atomic E-state index is 0.0846. The number of nitrogens with zero attached hydrogens (tertiary/aromatic N) is 2. The Bertz CT molecular complexity index is 459. The number of carboxylic acids is 1. The summed E-state index contributed by atoms with van der Waals surface area (Å²) in [7, 11) is 0. The number of carbonyl (C=O) groups is 1. The van der Waals surface area contributed by atoms with Crippen LogP contribution in [0.2, 0.25) is 0 Å². The Morgan fingerprint density at radius 3 is 3.00 bits per heavy atom. The third-order valence-electron chi connectivity index (χ3n) is 4.07. The van der Waals surface area contributed by atoms with E-state index in [0.29, 0.717) is 5.92 Å². The second-order valence-corrected chi connectivity index (χ2v) is 6.76. The Hall–Kier alpha value is -0.970. The number of thioether (sulfide) groups is 1. The maximum Gasteiger partial charge on any atom is 0.313 e. The van der Waals surface area contributed by atoms with Gasteiger partial charge in [0, 0.05) is 18.4 Å². The first-order chi connectivity index (χ1) is 9.60. The van der Waals surface area contributed by atoms with Crippen LogP contribution in [-0.4, -0.2) is 26.4 Å². The van der Waals surface area contributed by atoms with E-state index in [1.807, 2.05) is 6.20 Å². The Morgan fingerprint density at radius 2 is 2.35 bits per heavy atom. The van der Waals surface area contributed by atoms with Crippen molar-refractivity contribution in [3.05, 3.63) is 11.9 Å². The Labute approximate surface area is 125 Å². The lowest BCUT2D eigenvalue weighted by Gasteiger charge is -2.28. The van der Waals surface area contributed by atoms with Crippen molar-refractivity contribution in [2.75, 3.05) is 5.75 Å². The number of hydrogen-bond acceptors (Lipinski definition) is 3. The van der Waals surface area contributed by atoms with E-state index in [0.717, 1.165) is 24.0 Å². The third kappa shape index (κ3) is 4.01. The van der Waals surface area contributed by atoms with Gasteiger partial charge in [-0.1, -0.05) is 38.5 Å². The lowest BCUT2D eigenvalue weighted by atomic mass is 9.82. The van der Waals surface area contributed by atoms with Gasteiger partial charge in [-0.15, -0.1) is 0 Å². The highest BCUT2D eigenvalue weighted by atomic mass is 32.2. The summed E-state index contributed by atoms with van der Waals surface area (Å²) in [5, 5.41) is 9.69. The molecule has 112 valence electrons. The van der Waals surface area contributed by atoms with E-state index in [4.69, 9.17) is 5.11 Å². The summed E-state index contributed by atoms with van der Waals surface area (Å²) >= 11 is 1.33. The number of imidazole rings is 1. The third-order valence-corrected chi connectivity index (χ3v) is 5.05. The van der Waals surface area contributed by atoms with E-state index in [1.54, 1.807) is 0 Å². The number of aromatic nitrogens is 2. The number of aliphatic carboxylic acids is 1. The molecular weight excluding hydrogens is 272 g/mol. The van der Waals surface area contributed by atoms with Crippen LogP contribution in [0, 0.1) is 11.8 Å². The summed E-state index contributed by atoms with van der Waals surface area (Å²) in [6.45, 7) is 5.46. The highest BCUT2D eigenvalue weighted by Gasteiger charge is 2.21. The summed E-state index contributed by atoms with van der Waals surface area (Å²) in [6.07, 6.45) is 8.08. The fourth-order valence-corrected chi connectivity index (χ4v) is 3.82. The second-order valence-electron chi connectivity index (χ2n) is 5.82. The molecule has 0 bridgehead atoms. The first-order valence-corrected chi connectivity index (χ1v) is 8.47. The SMILES string of the molecule is CCc1cnc(SCC(=O)O)n1CC1CCCC(C)C1. The van der Waals surface area contributed by atoms with Gasteiger partial charge in [0.25, 0.3) is 0 Å². The molecule has 2 unspecified atom stereocenters. The average molecular weight is 296 g/mol. The van der Waals surface area contributed by atoms with E-state index in [2.05, 4.69) is 23.4 Å². The van der Waals surface area contributed by atoms with E-state index in [1.165, 1.54) is 43.1 Å². The fourth-order valence-electron chi connectivity index (χ4n) is 3.09. The maximum atomic E-state index is 10.7. The van der Waals surface area contributed by atoms with Crippen LogP contribution < -0.4 is 0 Å². The zero-order chi connectivity index (χ0) is 14.5. The van der Waals surface area contributed by atoms with Crippen LogP contribution in [0.3, 0.4) is 0 Å². The smallest absolute Gasteiger partial charge is 0.313 e. The molecule has 1 aliphatic carbocycles. The number of hydrogen-bond donors (Lipinski definition) is 1. The number of carboxylic acid groups (broad SMARTS) is 1. The first kappa shape index (κ1) is 15.4. The molecule has 0 spiro atoms. The van der Waals surface area contributed by atoms with Gasteiger partial charge in [-0.05, 0) is 31.1 Å². The molecule has 0 radical (unpaired) electrons. The van der Waals surface area contributed by atoms with Crippen LogP contribution >= 0.6 is 11.8 Å². The van der Waals surface area contributed by atoms with Crippen molar-refractivity contribution in [3.63, 3.8) is 0 Å². The van der Waals surface area contributed by atoms with Crippen LogP contribution in [0.25, 0.3) is 0 Å². The highest BCUT2D eigenvalue weighted by molar-refractivity contribution is 7.99. The zero-order valence-electron chi connectivity index (χ0n) is 12.3. The van der Waals surface area contributed by atoms with Gasteiger partial charge >= 0.3 is 5.97 Å². The van der Waals surface area contributed by atoms with E-state index in [-0.39, 0.29) is 5.75 Å². The van der Waals surface area contributed by atoms with Crippen molar-refractivity contribution in [2.45, 2.75) is 57.7 Å². The van der Waals surface area contributed by atoms with Gasteiger partial charge in [-0.3, -0.25) is 4.79 Å². The number of aryl methyl sites for hydroxylation is 1. The summed E-state index contributed by atoms with van der Waals surface area (Å²) in [5.41, 5.74) is 1.22. The van der Waals surface area contributed by atoms with Crippen molar-refractivity contribution >= 4 is 17.7 Å². The lowest BCUT2D eigenvalue weighted by molar-refractivity contribution is -0.133. The summed E-state index contributed by atoms with van der Waals surface area (Å²) in [6, 6.07) is 0. The van der Waals surface area contributed by atoms with E-state index >= 15 is 0 Å². The quantitative estimate of drug-likeness (QED) is 0.817. The van der Waals surface area contributed by atoms with Crippen molar-refractivity contribution in [2.24, 2.45) is 11.8 Å². The Balaban J connectivity index is 2.07. The molecule has 1 N–H and O–H groups in total. The second kappa shape index (κ2) is 7.16. The van der Waals surface area contributed by atoms with Crippen molar-refractivity contribution in [1.82, 2.24) is 9.55 Å². The summed E-state index contributed by atoms with van der Waals surface area (Å²) in [4.78, 5) is 15.1. The normalized spacial score (nSPS) is 22.9. The van der Waals surface area contributed by atoms with E-state index in [9.17, 15) is 4.79 Å². The molecule has 20 heavy (non-hydrogen) atoms. The number of rotatable bonds is 6. The molecule has 0 amide bonds. The molecule has 1 aromatic rings. The molecule has 2 rings (SSSR count). The molecule has 4 nitrogen and oxygen atoms in total. The minimum atomic E-state index is -0.783. The van der Waals surface area contributed by atoms with Gasteiger partial charge in [-0.25, -0.2) is 4.98 Å². The van der Waals surface area contributed by atoms with E-state index < -0.39 is 5.97 Å².